The zero-order valence-electron chi connectivity index (χ0n) is 11.9. The van der Waals surface area contributed by atoms with Gasteiger partial charge in [0, 0.05) is 17.6 Å². The van der Waals surface area contributed by atoms with Crippen LogP contribution in [0.2, 0.25) is 0 Å². The molecule has 2 aromatic rings. The van der Waals surface area contributed by atoms with E-state index in [0.29, 0.717) is 0 Å². The molecule has 0 saturated heterocycles. The van der Waals surface area contributed by atoms with E-state index in [1.807, 2.05) is 0 Å². The first-order chi connectivity index (χ1) is 9.25. The van der Waals surface area contributed by atoms with Crippen LogP contribution in [0.3, 0.4) is 0 Å². The number of hydrogen-bond acceptors (Lipinski definition) is 3. The van der Waals surface area contributed by atoms with E-state index >= 15 is 0 Å². The summed E-state index contributed by atoms with van der Waals surface area (Å²) in [5.41, 5.74) is 3.80. The number of nitrogens with one attached hydrogen (secondary N) is 1. The predicted molar refractivity (Wildman–Crippen MR) is 80.8 cm³/mol. The van der Waals surface area contributed by atoms with Crippen molar-refractivity contribution in [3.63, 3.8) is 0 Å². The second-order valence-corrected chi connectivity index (χ2v) is 6.59. The average Bonchev–Trinajstić information content (AvgIpc) is 3.07. The molecule has 0 radical (unpaired) electrons. The first-order valence-corrected chi connectivity index (χ1v) is 8.26. The minimum atomic E-state index is 0.942. The molecular weight excluding hydrogens is 254 g/mol. The molecule has 19 heavy (non-hydrogen) atoms. The standard InChI is InChI=1S/C15H23N3S/c1-11-10-19-15-17-12(2)14(18(11)15)9-16-8-7-13-5-3-4-6-13/h10,13,16H,3-9H2,1-2H3. The Morgan fingerprint density at radius 3 is 2.95 bits per heavy atom. The van der Waals surface area contributed by atoms with Crippen molar-refractivity contribution in [1.29, 1.82) is 0 Å². The van der Waals surface area contributed by atoms with Crippen LogP contribution in [0, 0.1) is 19.8 Å². The molecule has 1 fully saturated rings. The van der Waals surface area contributed by atoms with Crippen molar-refractivity contribution in [2.75, 3.05) is 6.54 Å². The summed E-state index contributed by atoms with van der Waals surface area (Å²) in [5, 5.41) is 5.79. The Kier molecular flexibility index (Phi) is 3.89. The van der Waals surface area contributed by atoms with Gasteiger partial charge in [-0.15, -0.1) is 11.3 Å². The van der Waals surface area contributed by atoms with Gasteiger partial charge < -0.3 is 5.32 Å². The lowest BCUT2D eigenvalue weighted by molar-refractivity contribution is 0.475. The molecule has 4 heteroatoms. The molecule has 1 saturated carbocycles. The van der Waals surface area contributed by atoms with Crippen LogP contribution in [0.15, 0.2) is 5.38 Å². The molecule has 3 rings (SSSR count). The van der Waals surface area contributed by atoms with Gasteiger partial charge in [-0.3, -0.25) is 4.40 Å². The Bertz CT molecular complexity index is 549. The summed E-state index contributed by atoms with van der Waals surface area (Å²) < 4.78 is 2.29. The fourth-order valence-corrected chi connectivity index (χ4v) is 4.12. The lowest BCUT2D eigenvalue weighted by Crippen LogP contribution is -2.18. The van der Waals surface area contributed by atoms with Gasteiger partial charge in [-0.25, -0.2) is 4.98 Å². The third-order valence-corrected chi connectivity index (χ3v) is 5.27. The summed E-state index contributed by atoms with van der Waals surface area (Å²) in [6.07, 6.45) is 7.12. The third-order valence-electron chi connectivity index (χ3n) is 4.33. The monoisotopic (exact) mass is 277 g/mol. The highest BCUT2D eigenvalue weighted by Crippen LogP contribution is 2.27. The lowest BCUT2D eigenvalue weighted by Gasteiger charge is -2.10. The van der Waals surface area contributed by atoms with Crippen molar-refractivity contribution >= 4 is 16.3 Å². The molecule has 1 N–H and O–H groups in total. The van der Waals surface area contributed by atoms with Crippen LogP contribution in [0.5, 0.6) is 0 Å². The summed E-state index contributed by atoms with van der Waals surface area (Å²) in [7, 11) is 0. The van der Waals surface area contributed by atoms with Crippen molar-refractivity contribution < 1.29 is 0 Å². The van der Waals surface area contributed by atoms with Gasteiger partial charge in [0.25, 0.3) is 0 Å². The normalized spacial score (nSPS) is 16.7. The Labute approximate surface area is 119 Å². The van der Waals surface area contributed by atoms with Gasteiger partial charge in [-0.05, 0) is 32.7 Å². The molecule has 0 atom stereocenters. The zero-order chi connectivity index (χ0) is 13.2. The van der Waals surface area contributed by atoms with E-state index in [-0.39, 0.29) is 0 Å². The van der Waals surface area contributed by atoms with E-state index in [1.165, 1.54) is 49.2 Å². The summed E-state index contributed by atoms with van der Waals surface area (Å²) in [6.45, 7) is 6.36. The highest BCUT2D eigenvalue weighted by Gasteiger charge is 2.15. The Morgan fingerprint density at radius 1 is 1.37 bits per heavy atom. The predicted octanol–water partition coefficient (Wildman–Crippen LogP) is 3.68. The molecule has 0 unspecified atom stereocenters. The van der Waals surface area contributed by atoms with Crippen LogP contribution in [-0.4, -0.2) is 15.9 Å². The molecule has 1 aliphatic rings. The first-order valence-electron chi connectivity index (χ1n) is 7.38. The number of aryl methyl sites for hydroxylation is 2. The molecule has 0 spiro atoms. The van der Waals surface area contributed by atoms with Gasteiger partial charge in [0.05, 0.1) is 11.4 Å². The van der Waals surface area contributed by atoms with Crippen LogP contribution >= 0.6 is 11.3 Å². The summed E-state index contributed by atoms with van der Waals surface area (Å²) in [5.74, 6) is 0.974. The summed E-state index contributed by atoms with van der Waals surface area (Å²) in [6, 6.07) is 0. The maximum Gasteiger partial charge on any atom is 0.194 e. The van der Waals surface area contributed by atoms with Crippen LogP contribution in [0.25, 0.3) is 4.96 Å². The molecule has 3 nitrogen and oxygen atoms in total. The van der Waals surface area contributed by atoms with Crippen LogP contribution in [0.1, 0.15) is 49.2 Å². The number of nitrogens with zero attached hydrogens (tertiary/aromatic N) is 2. The average molecular weight is 277 g/mol. The van der Waals surface area contributed by atoms with Gasteiger partial charge in [-0.2, -0.15) is 0 Å². The van der Waals surface area contributed by atoms with Gasteiger partial charge in [-0.1, -0.05) is 25.7 Å². The number of hydrogen-bond donors (Lipinski definition) is 1. The second-order valence-electron chi connectivity index (χ2n) is 5.75. The van der Waals surface area contributed by atoms with Crippen LogP contribution in [0.4, 0.5) is 0 Å². The van der Waals surface area contributed by atoms with Crippen molar-refractivity contribution in [3.8, 4) is 0 Å². The quantitative estimate of drug-likeness (QED) is 0.845. The highest BCUT2D eigenvalue weighted by molar-refractivity contribution is 7.15. The van der Waals surface area contributed by atoms with Crippen molar-refractivity contribution in [1.82, 2.24) is 14.7 Å². The highest BCUT2D eigenvalue weighted by atomic mass is 32.1. The molecule has 1 aliphatic carbocycles. The number of imidazole rings is 1. The van der Waals surface area contributed by atoms with Crippen LogP contribution < -0.4 is 5.32 Å². The number of thiazole rings is 1. The number of rotatable bonds is 5. The maximum absolute atomic E-state index is 4.63. The van der Waals surface area contributed by atoms with E-state index in [9.17, 15) is 0 Å². The number of aromatic nitrogens is 2. The molecule has 0 aliphatic heterocycles. The van der Waals surface area contributed by atoms with E-state index < -0.39 is 0 Å². The van der Waals surface area contributed by atoms with Gasteiger partial charge in [0.2, 0.25) is 0 Å². The van der Waals surface area contributed by atoms with E-state index in [0.717, 1.165) is 24.0 Å². The SMILES string of the molecule is Cc1nc2scc(C)n2c1CNCCC1CCCC1. The molecule has 2 aromatic heterocycles. The summed E-state index contributed by atoms with van der Waals surface area (Å²) in [4.78, 5) is 5.76. The number of fused-ring (bicyclic) bond motifs is 1. The van der Waals surface area contributed by atoms with Crippen molar-refractivity contribution in [3.05, 3.63) is 22.5 Å². The van der Waals surface area contributed by atoms with Gasteiger partial charge in [0.1, 0.15) is 0 Å². The Hall–Kier alpha value is -0.870. The lowest BCUT2D eigenvalue weighted by atomic mass is 10.0. The molecule has 0 amide bonds. The molecular formula is C15H23N3S. The molecule has 0 bridgehead atoms. The minimum absolute atomic E-state index is 0.942. The van der Waals surface area contributed by atoms with Crippen molar-refractivity contribution in [2.24, 2.45) is 5.92 Å². The molecule has 104 valence electrons. The molecule has 2 heterocycles. The summed E-state index contributed by atoms with van der Waals surface area (Å²) >= 11 is 1.73. The van der Waals surface area contributed by atoms with Gasteiger partial charge >= 0.3 is 0 Å². The Morgan fingerprint density at radius 2 is 2.16 bits per heavy atom. The van der Waals surface area contributed by atoms with E-state index in [2.05, 4.69) is 33.9 Å². The molecule has 0 aromatic carbocycles. The van der Waals surface area contributed by atoms with E-state index in [1.54, 1.807) is 11.3 Å². The maximum atomic E-state index is 4.63. The fourth-order valence-electron chi connectivity index (χ4n) is 3.19. The van der Waals surface area contributed by atoms with E-state index in [4.69, 9.17) is 0 Å². The van der Waals surface area contributed by atoms with Crippen LogP contribution in [-0.2, 0) is 6.54 Å². The zero-order valence-corrected chi connectivity index (χ0v) is 12.7. The largest absolute Gasteiger partial charge is 0.311 e. The fraction of sp³-hybridized carbons (Fsp3) is 0.667. The third kappa shape index (κ3) is 2.70. The first kappa shape index (κ1) is 13.1. The minimum Gasteiger partial charge on any atom is -0.311 e. The second kappa shape index (κ2) is 5.63. The smallest absolute Gasteiger partial charge is 0.194 e. The Balaban J connectivity index is 1.58. The van der Waals surface area contributed by atoms with Gasteiger partial charge in [0.15, 0.2) is 4.96 Å². The van der Waals surface area contributed by atoms with Crippen molar-refractivity contribution in [2.45, 2.75) is 52.5 Å². The topological polar surface area (TPSA) is 29.3 Å².